The highest BCUT2D eigenvalue weighted by atomic mass is 79.9. The van der Waals surface area contributed by atoms with Crippen molar-refractivity contribution < 1.29 is 13.9 Å². The first kappa shape index (κ1) is 15.0. The molecule has 0 aromatic heterocycles. The van der Waals surface area contributed by atoms with Crippen LogP contribution in [0.1, 0.15) is 10.4 Å². The Bertz CT molecular complexity index is 662. The molecule has 0 unspecified atom stereocenters. The summed E-state index contributed by atoms with van der Waals surface area (Å²) in [5.74, 6) is -0.513. The fraction of sp³-hybridized carbons (Fsp3) is 0.0714. The number of hydrogen-bond donors (Lipinski definition) is 1. The van der Waals surface area contributed by atoms with Crippen LogP contribution >= 0.6 is 31.9 Å². The molecule has 0 radical (unpaired) electrons. The van der Waals surface area contributed by atoms with Crippen molar-refractivity contribution in [2.75, 3.05) is 12.4 Å². The summed E-state index contributed by atoms with van der Waals surface area (Å²) in [6.07, 6.45) is 0. The molecule has 0 aliphatic carbocycles. The van der Waals surface area contributed by atoms with E-state index in [1.165, 1.54) is 25.3 Å². The Kier molecular flexibility index (Phi) is 4.77. The van der Waals surface area contributed by atoms with Crippen LogP contribution in [0.4, 0.5) is 10.1 Å². The Morgan fingerprint density at radius 2 is 1.95 bits per heavy atom. The van der Waals surface area contributed by atoms with E-state index < -0.39 is 11.7 Å². The lowest BCUT2D eigenvalue weighted by Crippen LogP contribution is -2.13. The van der Waals surface area contributed by atoms with Crippen LogP contribution in [-0.2, 0) is 0 Å². The van der Waals surface area contributed by atoms with Gasteiger partial charge in [0, 0.05) is 16.2 Å². The van der Waals surface area contributed by atoms with Crippen molar-refractivity contribution in [1.82, 2.24) is 0 Å². The first-order valence-corrected chi connectivity index (χ1v) is 7.20. The molecule has 0 atom stereocenters. The van der Waals surface area contributed by atoms with Gasteiger partial charge in [-0.05, 0) is 46.3 Å². The van der Waals surface area contributed by atoms with E-state index in [0.717, 1.165) is 4.47 Å². The van der Waals surface area contributed by atoms with Gasteiger partial charge < -0.3 is 10.1 Å². The van der Waals surface area contributed by atoms with Crippen molar-refractivity contribution in [1.29, 1.82) is 0 Å². The van der Waals surface area contributed by atoms with Crippen LogP contribution in [-0.4, -0.2) is 13.0 Å². The molecule has 6 heteroatoms. The van der Waals surface area contributed by atoms with Gasteiger partial charge in [-0.15, -0.1) is 0 Å². The zero-order valence-corrected chi connectivity index (χ0v) is 13.6. The molecular weight excluding hydrogens is 393 g/mol. The lowest BCUT2D eigenvalue weighted by molar-refractivity contribution is 0.102. The van der Waals surface area contributed by atoms with Gasteiger partial charge in [0.2, 0.25) is 0 Å². The number of rotatable bonds is 3. The molecule has 0 saturated heterocycles. The monoisotopic (exact) mass is 401 g/mol. The second-order valence-electron chi connectivity index (χ2n) is 3.93. The summed E-state index contributed by atoms with van der Waals surface area (Å²) in [5.41, 5.74) is 0.496. The van der Waals surface area contributed by atoms with Gasteiger partial charge in [0.05, 0.1) is 17.1 Å². The number of carbonyl (C=O) groups is 1. The molecule has 1 amide bonds. The number of hydrogen-bond acceptors (Lipinski definition) is 2. The molecule has 2 aromatic rings. The summed E-state index contributed by atoms with van der Waals surface area (Å²) < 4.78 is 20.2. The highest BCUT2D eigenvalue weighted by Gasteiger charge is 2.13. The molecule has 0 fully saturated rings. The van der Waals surface area contributed by atoms with Crippen molar-refractivity contribution in [3.63, 3.8) is 0 Å². The molecular formula is C14H10Br2FNO2. The molecule has 0 heterocycles. The summed E-state index contributed by atoms with van der Waals surface area (Å²) in [6, 6.07) is 9.29. The number of ether oxygens (including phenoxy) is 1. The number of benzene rings is 2. The largest absolute Gasteiger partial charge is 0.495 e. The molecule has 0 aliphatic rings. The highest BCUT2D eigenvalue weighted by Crippen LogP contribution is 2.28. The SMILES string of the molecule is COc1cc(NC(=O)c2cc(Br)ccc2F)ccc1Br. The van der Waals surface area contributed by atoms with Gasteiger partial charge >= 0.3 is 0 Å². The minimum Gasteiger partial charge on any atom is -0.495 e. The maximum atomic E-state index is 13.6. The summed E-state index contributed by atoms with van der Waals surface area (Å²) in [7, 11) is 1.53. The van der Waals surface area contributed by atoms with Crippen molar-refractivity contribution in [2.45, 2.75) is 0 Å². The summed E-state index contributed by atoms with van der Waals surface area (Å²) in [6.45, 7) is 0. The Hall–Kier alpha value is -1.40. The van der Waals surface area contributed by atoms with Crippen LogP contribution in [0.15, 0.2) is 45.3 Å². The highest BCUT2D eigenvalue weighted by molar-refractivity contribution is 9.10. The standard InChI is InChI=1S/C14H10Br2FNO2/c1-20-13-7-9(3-4-11(13)16)18-14(19)10-6-8(15)2-5-12(10)17/h2-7H,1H3,(H,18,19). The molecule has 0 spiro atoms. The Morgan fingerprint density at radius 3 is 2.65 bits per heavy atom. The maximum Gasteiger partial charge on any atom is 0.258 e. The van der Waals surface area contributed by atoms with Crippen molar-refractivity contribution in [3.05, 3.63) is 56.7 Å². The number of carbonyl (C=O) groups excluding carboxylic acids is 1. The Morgan fingerprint density at radius 1 is 1.20 bits per heavy atom. The number of methoxy groups -OCH3 is 1. The van der Waals surface area contributed by atoms with E-state index in [0.29, 0.717) is 15.9 Å². The van der Waals surface area contributed by atoms with Crippen LogP contribution in [0, 0.1) is 5.82 Å². The quantitative estimate of drug-likeness (QED) is 0.813. The van der Waals surface area contributed by atoms with Gasteiger partial charge in [-0.2, -0.15) is 0 Å². The second-order valence-corrected chi connectivity index (χ2v) is 5.70. The van der Waals surface area contributed by atoms with Gasteiger partial charge in [0.25, 0.3) is 5.91 Å². The lowest BCUT2D eigenvalue weighted by Gasteiger charge is -2.09. The van der Waals surface area contributed by atoms with Crippen LogP contribution in [0.25, 0.3) is 0 Å². The zero-order chi connectivity index (χ0) is 14.7. The fourth-order valence-electron chi connectivity index (χ4n) is 1.61. The minimum atomic E-state index is -0.574. The van der Waals surface area contributed by atoms with E-state index >= 15 is 0 Å². The van der Waals surface area contributed by atoms with Crippen LogP contribution in [0.3, 0.4) is 0 Å². The average Bonchev–Trinajstić information content (AvgIpc) is 2.43. The van der Waals surface area contributed by atoms with E-state index in [9.17, 15) is 9.18 Å². The number of halogens is 3. The topological polar surface area (TPSA) is 38.3 Å². The summed E-state index contributed by atoms with van der Waals surface area (Å²) in [5, 5.41) is 2.63. The Labute approximate surface area is 132 Å². The third-order valence-corrected chi connectivity index (χ3v) is 3.73. The molecule has 104 valence electrons. The predicted octanol–water partition coefficient (Wildman–Crippen LogP) is 4.61. The van der Waals surface area contributed by atoms with Crippen molar-refractivity contribution in [2.24, 2.45) is 0 Å². The molecule has 2 aromatic carbocycles. The number of amides is 1. The fourth-order valence-corrected chi connectivity index (χ4v) is 2.38. The minimum absolute atomic E-state index is 0.0266. The van der Waals surface area contributed by atoms with E-state index in [4.69, 9.17) is 4.74 Å². The molecule has 2 rings (SSSR count). The van der Waals surface area contributed by atoms with Crippen molar-refractivity contribution in [3.8, 4) is 5.75 Å². The van der Waals surface area contributed by atoms with Crippen LogP contribution in [0.5, 0.6) is 5.75 Å². The summed E-state index contributed by atoms with van der Waals surface area (Å²) >= 11 is 6.53. The molecule has 3 nitrogen and oxygen atoms in total. The van der Waals surface area contributed by atoms with Gasteiger partial charge in [-0.25, -0.2) is 4.39 Å². The van der Waals surface area contributed by atoms with E-state index in [2.05, 4.69) is 37.2 Å². The summed E-state index contributed by atoms with van der Waals surface area (Å²) in [4.78, 5) is 12.0. The number of anilines is 1. The molecule has 20 heavy (non-hydrogen) atoms. The average molecular weight is 403 g/mol. The lowest BCUT2D eigenvalue weighted by atomic mass is 10.2. The van der Waals surface area contributed by atoms with Gasteiger partial charge in [-0.3, -0.25) is 4.79 Å². The number of nitrogens with one attached hydrogen (secondary N) is 1. The van der Waals surface area contributed by atoms with Crippen LogP contribution in [0.2, 0.25) is 0 Å². The zero-order valence-electron chi connectivity index (χ0n) is 10.4. The van der Waals surface area contributed by atoms with E-state index in [-0.39, 0.29) is 5.56 Å². The van der Waals surface area contributed by atoms with E-state index in [1.807, 2.05) is 0 Å². The van der Waals surface area contributed by atoms with Gasteiger partial charge in [-0.1, -0.05) is 15.9 Å². The smallest absolute Gasteiger partial charge is 0.258 e. The third-order valence-electron chi connectivity index (χ3n) is 2.58. The Balaban J connectivity index is 2.25. The molecule has 0 bridgehead atoms. The maximum absolute atomic E-state index is 13.6. The normalized spacial score (nSPS) is 10.2. The predicted molar refractivity (Wildman–Crippen MR) is 82.7 cm³/mol. The van der Waals surface area contributed by atoms with Gasteiger partial charge in [0.1, 0.15) is 11.6 Å². The first-order valence-electron chi connectivity index (χ1n) is 5.61. The van der Waals surface area contributed by atoms with Gasteiger partial charge in [0.15, 0.2) is 0 Å². The molecule has 0 aliphatic heterocycles. The molecule has 0 saturated carbocycles. The van der Waals surface area contributed by atoms with E-state index in [1.54, 1.807) is 18.2 Å². The first-order chi connectivity index (χ1) is 9.51. The van der Waals surface area contributed by atoms with Crippen molar-refractivity contribution >= 4 is 43.5 Å². The second kappa shape index (κ2) is 6.37. The molecule has 1 N–H and O–H groups in total. The third kappa shape index (κ3) is 3.37. The van der Waals surface area contributed by atoms with Crippen LogP contribution < -0.4 is 10.1 Å².